The molecule has 4 nitrogen and oxygen atoms in total. The fourth-order valence-electron chi connectivity index (χ4n) is 4.24. The first-order valence-electron chi connectivity index (χ1n) is 10.1. The van der Waals surface area contributed by atoms with Gasteiger partial charge in [-0.3, -0.25) is 4.98 Å². The SMILES string of the molecule is CN1CCN(c2cc(-c3ccccn3)cc(CC3CCCCC3)n2)CC1. The van der Waals surface area contributed by atoms with Crippen molar-refractivity contribution in [2.24, 2.45) is 5.92 Å². The molecule has 0 amide bonds. The molecule has 3 heterocycles. The number of rotatable bonds is 4. The second kappa shape index (κ2) is 8.17. The molecule has 0 atom stereocenters. The van der Waals surface area contributed by atoms with Crippen LogP contribution >= 0.6 is 0 Å². The van der Waals surface area contributed by atoms with Gasteiger partial charge in [0, 0.05) is 43.6 Å². The average Bonchev–Trinajstić information content (AvgIpc) is 2.70. The lowest BCUT2D eigenvalue weighted by Gasteiger charge is -2.33. The monoisotopic (exact) mass is 350 g/mol. The zero-order valence-corrected chi connectivity index (χ0v) is 15.9. The molecule has 4 rings (SSSR count). The largest absolute Gasteiger partial charge is 0.354 e. The Morgan fingerprint density at radius 2 is 1.81 bits per heavy atom. The van der Waals surface area contributed by atoms with Crippen molar-refractivity contribution in [3.63, 3.8) is 0 Å². The van der Waals surface area contributed by atoms with Gasteiger partial charge in [-0.1, -0.05) is 38.2 Å². The molecular formula is C22H30N4. The molecular weight excluding hydrogens is 320 g/mol. The van der Waals surface area contributed by atoms with Gasteiger partial charge in [-0.05, 0) is 43.7 Å². The van der Waals surface area contributed by atoms with Gasteiger partial charge in [-0.25, -0.2) is 4.98 Å². The number of hydrogen-bond acceptors (Lipinski definition) is 4. The Hall–Kier alpha value is -1.94. The number of hydrogen-bond donors (Lipinski definition) is 0. The van der Waals surface area contributed by atoms with Crippen LogP contribution in [0.3, 0.4) is 0 Å². The molecule has 0 N–H and O–H groups in total. The maximum Gasteiger partial charge on any atom is 0.129 e. The van der Waals surface area contributed by atoms with E-state index in [2.05, 4.69) is 46.1 Å². The predicted molar refractivity (Wildman–Crippen MR) is 107 cm³/mol. The molecule has 0 aromatic carbocycles. The van der Waals surface area contributed by atoms with Gasteiger partial charge in [-0.2, -0.15) is 0 Å². The molecule has 1 saturated carbocycles. The van der Waals surface area contributed by atoms with Crippen LogP contribution in [0.5, 0.6) is 0 Å². The van der Waals surface area contributed by atoms with E-state index in [1.165, 1.54) is 43.4 Å². The van der Waals surface area contributed by atoms with E-state index in [-0.39, 0.29) is 0 Å². The normalized spacial score (nSPS) is 19.7. The van der Waals surface area contributed by atoms with Gasteiger partial charge in [0.25, 0.3) is 0 Å². The summed E-state index contributed by atoms with van der Waals surface area (Å²) in [6.07, 6.45) is 9.89. The summed E-state index contributed by atoms with van der Waals surface area (Å²) >= 11 is 0. The number of anilines is 1. The van der Waals surface area contributed by atoms with Crippen LogP contribution in [0.1, 0.15) is 37.8 Å². The van der Waals surface area contributed by atoms with Gasteiger partial charge < -0.3 is 9.80 Å². The van der Waals surface area contributed by atoms with E-state index in [0.29, 0.717) is 0 Å². The van der Waals surface area contributed by atoms with E-state index >= 15 is 0 Å². The highest BCUT2D eigenvalue weighted by molar-refractivity contribution is 5.64. The van der Waals surface area contributed by atoms with Crippen LogP contribution in [-0.4, -0.2) is 48.1 Å². The Kier molecular flexibility index (Phi) is 5.49. The van der Waals surface area contributed by atoms with Crippen LogP contribution < -0.4 is 4.90 Å². The second-order valence-electron chi connectivity index (χ2n) is 7.92. The zero-order chi connectivity index (χ0) is 17.8. The number of aromatic nitrogens is 2. The lowest BCUT2D eigenvalue weighted by atomic mass is 9.86. The van der Waals surface area contributed by atoms with Crippen molar-refractivity contribution < 1.29 is 0 Å². The lowest BCUT2D eigenvalue weighted by molar-refractivity contribution is 0.312. The molecule has 0 radical (unpaired) electrons. The van der Waals surface area contributed by atoms with Gasteiger partial charge >= 0.3 is 0 Å². The predicted octanol–water partition coefficient (Wildman–Crippen LogP) is 4.02. The Balaban J connectivity index is 1.62. The van der Waals surface area contributed by atoms with Crippen molar-refractivity contribution >= 4 is 5.82 Å². The Morgan fingerprint density at radius 3 is 2.54 bits per heavy atom. The van der Waals surface area contributed by atoms with Crippen LogP contribution in [0.15, 0.2) is 36.5 Å². The number of piperazine rings is 1. The highest BCUT2D eigenvalue weighted by Crippen LogP contribution is 2.29. The molecule has 2 aliphatic rings. The van der Waals surface area contributed by atoms with Crippen LogP contribution in [-0.2, 0) is 6.42 Å². The third-order valence-corrected chi connectivity index (χ3v) is 5.88. The van der Waals surface area contributed by atoms with E-state index in [1.807, 2.05) is 12.3 Å². The standard InChI is InChI=1S/C22H30N4/c1-25-11-13-26(14-12-25)22-17-19(21-9-5-6-10-23-21)16-20(24-22)15-18-7-3-2-4-8-18/h5-6,9-10,16-18H,2-4,7-8,11-15H2,1H3. The Labute approximate surface area is 157 Å². The summed E-state index contributed by atoms with van der Waals surface area (Å²) in [4.78, 5) is 14.5. The molecule has 26 heavy (non-hydrogen) atoms. The van der Waals surface area contributed by atoms with E-state index in [4.69, 9.17) is 4.98 Å². The number of likely N-dealkylation sites (N-methyl/N-ethyl adjacent to an activating group) is 1. The first-order chi connectivity index (χ1) is 12.8. The van der Waals surface area contributed by atoms with Gasteiger partial charge in [0.2, 0.25) is 0 Å². The van der Waals surface area contributed by atoms with Crippen molar-refractivity contribution in [1.29, 1.82) is 0 Å². The van der Waals surface area contributed by atoms with E-state index in [0.717, 1.165) is 50.0 Å². The third-order valence-electron chi connectivity index (χ3n) is 5.88. The molecule has 2 fully saturated rings. The summed E-state index contributed by atoms with van der Waals surface area (Å²) in [6, 6.07) is 10.7. The molecule has 1 saturated heterocycles. The van der Waals surface area contributed by atoms with Crippen molar-refractivity contribution in [3.8, 4) is 11.3 Å². The summed E-state index contributed by atoms with van der Waals surface area (Å²) in [5.41, 5.74) is 3.50. The van der Waals surface area contributed by atoms with E-state index < -0.39 is 0 Å². The molecule has 0 unspecified atom stereocenters. The number of pyridine rings is 2. The molecule has 0 bridgehead atoms. The fourth-order valence-corrected chi connectivity index (χ4v) is 4.24. The topological polar surface area (TPSA) is 32.3 Å². The minimum atomic E-state index is 0.801. The highest BCUT2D eigenvalue weighted by Gasteiger charge is 2.19. The van der Waals surface area contributed by atoms with Gasteiger partial charge in [0.05, 0.1) is 5.69 Å². The van der Waals surface area contributed by atoms with Crippen LogP contribution in [0.25, 0.3) is 11.3 Å². The molecule has 2 aromatic rings. The van der Waals surface area contributed by atoms with Crippen molar-refractivity contribution in [2.45, 2.75) is 38.5 Å². The zero-order valence-electron chi connectivity index (χ0n) is 15.9. The maximum absolute atomic E-state index is 5.08. The second-order valence-corrected chi connectivity index (χ2v) is 7.92. The molecule has 4 heteroatoms. The maximum atomic E-state index is 5.08. The summed E-state index contributed by atoms with van der Waals surface area (Å²) < 4.78 is 0. The molecule has 1 aliphatic heterocycles. The summed E-state index contributed by atoms with van der Waals surface area (Å²) in [7, 11) is 2.20. The Bertz CT molecular complexity index is 701. The smallest absolute Gasteiger partial charge is 0.129 e. The quantitative estimate of drug-likeness (QED) is 0.834. The Morgan fingerprint density at radius 1 is 1.00 bits per heavy atom. The van der Waals surface area contributed by atoms with E-state index in [1.54, 1.807) is 0 Å². The first-order valence-corrected chi connectivity index (χ1v) is 10.1. The lowest BCUT2D eigenvalue weighted by Crippen LogP contribution is -2.44. The van der Waals surface area contributed by atoms with Crippen LogP contribution in [0, 0.1) is 5.92 Å². The third kappa shape index (κ3) is 4.24. The summed E-state index contributed by atoms with van der Waals surface area (Å²) in [5.74, 6) is 1.93. The van der Waals surface area contributed by atoms with Gasteiger partial charge in [-0.15, -0.1) is 0 Å². The minimum absolute atomic E-state index is 0.801. The van der Waals surface area contributed by atoms with Crippen LogP contribution in [0.2, 0.25) is 0 Å². The molecule has 2 aromatic heterocycles. The highest BCUT2D eigenvalue weighted by atomic mass is 15.3. The molecule has 0 spiro atoms. The molecule has 138 valence electrons. The van der Waals surface area contributed by atoms with Gasteiger partial charge in [0.1, 0.15) is 5.82 Å². The first kappa shape index (κ1) is 17.5. The average molecular weight is 351 g/mol. The van der Waals surface area contributed by atoms with Crippen molar-refractivity contribution in [1.82, 2.24) is 14.9 Å². The molecule has 1 aliphatic carbocycles. The van der Waals surface area contributed by atoms with E-state index in [9.17, 15) is 0 Å². The number of nitrogens with zero attached hydrogens (tertiary/aromatic N) is 4. The summed E-state index contributed by atoms with van der Waals surface area (Å²) in [5, 5.41) is 0. The van der Waals surface area contributed by atoms with Gasteiger partial charge in [0.15, 0.2) is 0 Å². The summed E-state index contributed by atoms with van der Waals surface area (Å²) in [6.45, 7) is 4.32. The van der Waals surface area contributed by atoms with Crippen molar-refractivity contribution in [3.05, 3.63) is 42.2 Å². The minimum Gasteiger partial charge on any atom is -0.354 e. The fraction of sp³-hybridized carbons (Fsp3) is 0.545. The van der Waals surface area contributed by atoms with Crippen molar-refractivity contribution in [2.75, 3.05) is 38.1 Å². The van der Waals surface area contributed by atoms with Crippen LogP contribution in [0.4, 0.5) is 5.82 Å².